The molecular formula is C26H39N3O2. The van der Waals surface area contributed by atoms with Crippen molar-refractivity contribution in [3.63, 3.8) is 0 Å². The Morgan fingerprint density at radius 2 is 1.65 bits per heavy atom. The van der Waals surface area contributed by atoms with Gasteiger partial charge in [0.1, 0.15) is 0 Å². The number of hydrogen-bond donors (Lipinski definition) is 1. The molecule has 2 heterocycles. The lowest BCUT2D eigenvalue weighted by atomic mass is 9.97. The zero-order valence-corrected chi connectivity index (χ0v) is 19.2. The van der Waals surface area contributed by atoms with Gasteiger partial charge >= 0.3 is 0 Å². The summed E-state index contributed by atoms with van der Waals surface area (Å²) in [5, 5.41) is 3.07. The molecule has 4 rings (SSSR count). The number of carbonyl (C=O) groups is 2. The van der Waals surface area contributed by atoms with Crippen molar-refractivity contribution in [2.75, 3.05) is 36.4 Å². The molecule has 170 valence electrons. The molecule has 0 bridgehead atoms. The molecule has 5 nitrogen and oxygen atoms in total. The number of nitrogens with one attached hydrogen (secondary N) is 1. The Balaban J connectivity index is 1.48. The van der Waals surface area contributed by atoms with Gasteiger partial charge in [-0.2, -0.15) is 0 Å². The fourth-order valence-electron chi connectivity index (χ4n) is 5.44. The molecule has 1 aromatic carbocycles. The van der Waals surface area contributed by atoms with E-state index in [1.54, 1.807) is 0 Å². The van der Waals surface area contributed by atoms with Crippen molar-refractivity contribution in [1.29, 1.82) is 0 Å². The molecule has 0 atom stereocenters. The van der Waals surface area contributed by atoms with Crippen LogP contribution in [0, 0.1) is 11.8 Å². The standard InChI is InChI=1S/C26H39N3O2/c1-20-13-17-28(18-14-20)24-11-10-22(27-25(30)12-9-21-7-3-4-8-21)19-23(24)26(31)29-15-5-2-6-16-29/h10-11,19-21H,2-9,12-18H2,1H3,(H,27,30). The van der Waals surface area contributed by atoms with Crippen LogP contribution in [0.2, 0.25) is 0 Å². The molecule has 1 saturated carbocycles. The van der Waals surface area contributed by atoms with Crippen LogP contribution in [-0.2, 0) is 4.79 Å². The van der Waals surface area contributed by atoms with Gasteiger partial charge in [-0.05, 0) is 68.6 Å². The van der Waals surface area contributed by atoms with Gasteiger partial charge in [-0.15, -0.1) is 0 Å². The first-order valence-corrected chi connectivity index (χ1v) is 12.6. The molecule has 0 spiro atoms. The highest BCUT2D eigenvalue weighted by Crippen LogP contribution is 2.31. The summed E-state index contributed by atoms with van der Waals surface area (Å²) >= 11 is 0. The van der Waals surface area contributed by atoms with E-state index in [-0.39, 0.29) is 11.8 Å². The van der Waals surface area contributed by atoms with Gasteiger partial charge in [0, 0.05) is 44.0 Å². The van der Waals surface area contributed by atoms with Crippen LogP contribution < -0.4 is 10.2 Å². The first-order chi connectivity index (χ1) is 15.1. The molecule has 2 aliphatic heterocycles. The molecule has 31 heavy (non-hydrogen) atoms. The molecule has 0 radical (unpaired) electrons. The van der Waals surface area contributed by atoms with Crippen LogP contribution in [0.3, 0.4) is 0 Å². The zero-order chi connectivity index (χ0) is 21.6. The third-order valence-electron chi connectivity index (χ3n) is 7.53. The van der Waals surface area contributed by atoms with Crippen LogP contribution in [0.15, 0.2) is 18.2 Å². The topological polar surface area (TPSA) is 52.7 Å². The van der Waals surface area contributed by atoms with E-state index in [2.05, 4.69) is 23.2 Å². The highest BCUT2D eigenvalue weighted by Gasteiger charge is 2.26. The molecule has 2 amide bonds. The summed E-state index contributed by atoms with van der Waals surface area (Å²) < 4.78 is 0. The van der Waals surface area contributed by atoms with E-state index < -0.39 is 0 Å². The molecule has 3 fully saturated rings. The van der Waals surface area contributed by atoms with Gasteiger partial charge in [0.25, 0.3) is 5.91 Å². The number of benzene rings is 1. The quantitative estimate of drug-likeness (QED) is 0.659. The largest absolute Gasteiger partial charge is 0.371 e. The Kier molecular flexibility index (Phi) is 7.52. The average Bonchev–Trinajstić information content (AvgIpc) is 3.32. The molecule has 2 saturated heterocycles. The third kappa shape index (κ3) is 5.81. The number of piperidine rings is 2. The summed E-state index contributed by atoms with van der Waals surface area (Å²) in [6.45, 7) is 5.98. The van der Waals surface area contributed by atoms with Crippen LogP contribution in [0.1, 0.15) is 87.9 Å². The number of carbonyl (C=O) groups excluding carboxylic acids is 2. The number of hydrogen-bond acceptors (Lipinski definition) is 3. The van der Waals surface area contributed by atoms with Crippen molar-refractivity contribution >= 4 is 23.2 Å². The number of likely N-dealkylation sites (tertiary alicyclic amines) is 1. The maximum atomic E-state index is 13.5. The lowest BCUT2D eigenvalue weighted by molar-refractivity contribution is -0.116. The summed E-state index contributed by atoms with van der Waals surface area (Å²) in [5.74, 6) is 1.65. The van der Waals surface area contributed by atoms with Crippen LogP contribution in [0.25, 0.3) is 0 Å². The van der Waals surface area contributed by atoms with Gasteiger partial charge in [0.2, 0.25) is 5.91 Å². The zero-order valence-electron chi connectivity index (χ0n) is 19.2. The number of amides is 2. The minimum Gasteiger partial charge on any atom is -0.371 e. The van der Waals surface area contributed by atoms with Crippen LogP contribution >= 0.6 is 0 Å². The minimum absolute atomic E-state index is 0.0721. The van der Waals surface area contributed by atoms with E-state index in [1.165, 1.54) is 32.1 Å². The van der Waals surface area contributed by atoms with Crippen molar-refractivity contribution in [2.45, 2.75) is 77.6 Å². The Hall–Kier alpha value is -2.04. The van der Waals surface area contributed by atoms with E-state index in [0.717, 1.165) is 81.1 Å². The van der Waals surface area contributed by atoms with Crippen molar-refractivity contribution in [1.82, 2.24) is 4.90 Å². The van der Waals surface area contributed by atoms with Crippen LogP contribution in [0.4, 0.5) is 11.4 Å². The van der Waals surface area contributed by atoms with E-state index >= 15 is 0 Å². The van der Waals surface area contributed by atoms with E-state index in [0.29, 0.717) is 12.3 Å². The third-order valence-corrected chi connectivity index (χ3v) is 7.53. The second kappa shape index (κ2) is 10.5. The average molecular weight is 426 g/mol. The SMILES string of the molecule is CC1CCN(c2ccc(NC(=O)CCC3CCCC3)cc2C(=O)N2CCCCC2)CC1. The second-order valence-electron chi connectivity index (χ2n) is 9.99. The lowest BCUT2D eigenvalue weighted by Gasteiger charge is -2.35. The van der Waals surface area contributed by atoms with Crippen LogP contribution in [-0.4, -0.2) is 42.9 Å². The summed E-state index contributed by atoms with van der Waals surface area (Å²) in [6, 6.07) is 5.96. The van der Waals surface area contributed by atoms with Crippen molar-refractivity contribution in [3.05, 3.63) is 23.8 Å². The number of rotatable bonds is 6. The molecule has 3 aliphatic rings. The van der Waals surface area contributed by atoms with Crippen molar-refractivity contribution in [3.8, 4) is 0 Å². The smallest absolute Gasteiger partial charge is 0.256 e. The normalized spacial score (nSPS) is 20.8. The maximum absolute atomic E-state index is 13.5. The summed E-state index contributed by atoms with van der Waals surface area (Å²) in [5.41, 5.74) is 2.54. The maximum Gasteiger partial charge on any atom is 0.256 e. The fourth-order valence-corrected chi connectivity index (χ4v) is 5.44. The molecule has 0 aromatic heterocycles. The highest BCUT2D eigenvalue weighted by molar-refractivity contribution is 6.02. The summed E-state index contributed by atoms with van der Waals surface area (Å²) in [7, 11) is 0. The van der Waals surface area contributed by atoms with Crippen molar-refractivity contribution < 1.29 is 9.59 Å². The number of nitrogens with zero attached hydrogens (tertiary/aromatic N) is 2. The highest BCUT2D eigenvalue weighted by atomic mass is 16.2. The first-order valence-electron chi connectivity index (χ1n) is 12.6. The van der Waals surface area contributed by atoms with Gasteiger partial charge in [-0.25, -0.2) is 0 Å². The summed E-state index contributed by atoms with van der Waals surface area (Å²) in [4.78, 5) is 30.4. The number of anilines is 2. The van der Waals surface area contributed by atoms with E-state index in [9.17, 15) is 9.59 Å². The van der Waals surface area contributed by atoms with Gasteiger partial charge in [0.15, 0.2) is 0 Å². The Morgan fingerprint density at radius 1 is 0.935 bits per heavy atom. The summed E-state index contributed by atoms with van der Waals surface area (Å²) in [6.07, 6.45) is 12.4. The van der Waals surface area contributed by atoms with Gasteiger partial charge in [-0.1, -0.05) is 32.6 Å². The Labute approximate surface area is 187 Å². The molecule has 1 aliphatic carbocycles. The molecular weight excluding hydrogens is 386 g/mol. The predicted molar refractivity (Wildman–Crippen MR) is 127 cm³/mol. The van der Waals surface area contributed by atoms with Crippen LogP contribution in [0.5, 0.6) is 0 Å². The monoisotopic (exact) mass is 425 g/mol. The molecule has 0 unspecified atom stereocenters. The molecule has 1 N–H and O–H groups in total. The van der Waals surface area contributed by atoms with Crippen molar-refractivity contribution in [2.24, 2.45) is 11.8 Å². The van der Waals surface area contributed by atoms with E-state index in [1.807, 2.05) is 17.0 Å². The second-order valence-corrected chi connectivity index (χ2v) is 9.99. The van der Waals surface area contributed by atoms with Gasteiger partial charge < -0.3 is 15.1 Å². The van der Waals surface area contributed by atoms with Gasteiger partial charge in [-0.3, -0.25) is 9.59 Å². The van der Waals surface area contributed by atoms with E-state index in [4.69, 9.17) is 0 Å². The molecule has 5 heteroatoms. The minimum atomic E-state index is 0.0721. The van der Waals surface area contributed by atoms with Gasteiger partial charge in [0.05, 0.1) is 5.56 Å². The fraction of sp³-hybridized carbons (Fsp3) is 0.692. The Bertz CT molecular complexity index is 758. The first kappa shape index (κ1) is 22.2. The predicted octanol–water partition coefficient (Wildman–Crippen LogP) is 5.46. The Morgan fingerprint density at radius 3 is 2.35 bits per heavy atom. The lowest BCUT2D eigenvalue weighted by Crippen LogP contribution is -2.38. The molecule has 1 aromatic rings.